The maximum Gasteiger partial charge on any atom is 0.162 e. The van der Waals surface area contributed by atoms with Gasteiger partial charge in [0.25, 0.3) is 0 Å². The van der Waals surface area contributed by atoms with Crippen molar-refractivity contribution in [3.05, 3.63) is 34.6 Å². The third kappa shape index (κ3) is 1.21. The van der Waals surface area contributed by atoms with Crippen molar-refractivity contribution < 1.29 is 13.2 Å². The van der Waals surface area contributed by atoms with E-state index in [1.807, 2.05) is 0 Å². The van der Waals surface area contributed by atoms with Crippen LogP contribution in [0, 0.1) is 17.5 Å². The Bertz CT molecular complexity index is 362. The van der Waals surface area contributed by atoms with Gasteiger partial charge in [0, 0.05) is 12.1 Å². The summed E-state index contributed by atoms with van der Waals surface area (Å²) in [5.74, 6) is -2.78. The standard InChI is InChI=1S/C9H8F3N/c10-7-3-8(11)9(12)6-2-4(13)1-5(6)7/h3-4H,1-2,13H2. The molecule has 1 unspecified atom stereocenters. The normalized spacial score (nSPS) is 20.5. The highest BCUT2D eigenvalue weighted by Crippen LogP contribution is 2.28. The average molecular weight is 187 g/mol. The fourth-order valence-corrected chi connectivity index (χ4v) is 1.71. The fraction of sp³-hybridized carbons (Fsp3) is 0.333. The van der Waals surface area contributed by atoms with Gasteiger partial charge in [-0.15, -0.1) is 0 Å². The fourth-order valence-electron chi connectivity index (χ4n) is 1.71. The summed E-state index contributed by atoms with van der Waals surface area (Å²) >= 11 is 0. The third-order valence-corrected chi connectivity index (χ3v) is 2.31. The first-order valence-corrected chi connectivity index (χ1v) is 4.00. The topological polar surface area (TPSA) is 26.0 Å². The smallest absolute Gasteiger partial charge is 0.162 e. The second-order valence-electron chi connectivity index (χ2n) is 3.28. The van der Waals surface area contributed by atoms with Gasteiger partial charge in [-0.1, -0.05) is 0 Å². The Morgan fingerprint density at radius 3 is 2.38 bits per heavy atom. The van der Waals surface area contributed by atoms with E-state index in [1.54, 1.807) is 0 Å². The lowest BCUT2D eigenvalue weighted by atomic mass is 10.1. The quantitative estimate of drug-likeness (QED) is 0.612. The summed E-state index contributed by atoms with van der Waals surface area (Å²) in [6.07, 6.45) is 0.508. The van der Waals surface area contributed by atoms with E-state index in [1.165, 1.54) is 0 Å². The van der Waals surface area contributed by atoms with Gasteiger partial charge in [-0.3, -0.25) is 0 Å². The number of hydrogen-bond donors (Lipinski definition) is 1. The highest BCUT2D eigenvalue weighted by molar-refractivity contribution is 5.36. The second kappa shape index (κ2) is 2.73. The molecule has 0 fully saturated rings. The van der Waals surface area contributed by atoms with Crippen molar-refractivity contribution in [3.8, 4) is 0 Å². The molecule has 0 saturated carbocycles. The van der Waals surface area contributed by atoms with Crippen molar-refractivity contribution in [2.45, 2.75) is 18.9 Å². The van der Waals surface area contributed by atoms with Crippen LogP contribution in [0.25, 0.3) is 0 Å². The van der Waals surface area contributed by atoms with E-state index >= 15 is 0 Å². The summed E-state index contributed by atoms with van der Waals surface area (Å²) in [6.45, 7) is 0. The molecule has 1 aliphatic rings. The van der Waals surface area contributed by atoms with E-state index < -0.39 is 17.5 Å². The number of fused-ring (bicyclic) bond motifs is 1. The van der Waals surface area contributed by atoms with E-state index in [-0.39, 0.29) is 23.6 Å². The molecule has 0 bridgehead atoms. The summed E-state index contributed by atoms with van der Waals surface area (Å²) in [5, 5.41) is 0. The van der Waals surface area contributed by atoms with Gasteiger partial charge in [0.1, 0.15) is 5.82 Å². The van der Waals surface area contributed by atoms with Gasteiger partial charge >= 0.3 is 0 Å². The molecule has 1 aromatic carbocycles. The largest absolute Gasteiger partial charge is 0.327 e. The molecule has 1 aromatic rings. The molecule has 0 spiro atoms. The molecule has 1 atom stereocenters. The summed E-state index contributed by atoms with van der Waals surface area (Å²) in [6, 6.07) is 0.285. The molecule has 2 N–H and O–H groups in total. The molecule has 0 saturated heterocycles. The van der Waals surface area contributed by atoms with Crippen LogP contribution in [0.15, 0.2) is 6.07 Å². The third-order valence-electron chi connectivity index (χ3n) is 2.31. The molecule has 70 valence electrons. The zero-order valence-corrected chi connectivity index (χ0v) is 6.78. The summed E-state index contributed by atoms with van der Waals surface area (Å²) in [5.41, 5.74) is 5.85. The lowest BCUT2D eigenvalue weighted by Gasteiger charge is -2.02. The maximum absolute atomic E-state index is 13.1. The van der Waals surface area contributed by atoms with Crippen LogP contribution in [-0.4, -0.2) is 6.04 Å². The minimum absolute atomic E-state index is 0.102. The Morgan fingerprint density at radius 1 is 1.08 bits per heavy atom. The number of nitrogens with two attached hydrogens (primary N) is 1. The maximum atomic E-state index is 13.1. The van der Waals surface area contributed by atoms with Crippen LogP contribution in [-0.2, 0) is 12.8 Å². The van der Waals surface area contributed by atoms with Crippen LogP contribution in [0.3, 0.4) is 0 Å². The molecule has 1 nitrogen and oxygen atoms in total. The first kappa shape index (κ1) is 8.56. The van der Waals surface area contributed by atoms with E-state index in [0.717, 1.165) is 0 Å². The lowest BCUT2D eigenvalue weighted by molar-refractivity contribution is 0.485. The van der Waals surface area contributed by atoms with E-state index in [2.05, 4.69) is 0 Å². The molecule has 0 amide bonds. The SMILES string of the molecule is NC1Cc2c(F)cc(F)c(F)c2C1. The van der Waals surface area contributed by atoms with Gasteiger partial charge in [0.2, 0.25) is 0 Å². The first-order valence-electron chi connectivity index (χ1n) is 4.00. The van der Waals surface area contributed by atoms with E-state index in [4.69, 9.17) is 5.73 Å². The van der Waals surface area contributed by atoms with Crippen molar-refractivity contribution in [2.75, 3.05) is 0 Å². The average Bonchev–Trinajstić information content (AvgIpc) is 2.44. The summed E-state index contributed by atoms with van der Waals surface area (Å²) in [4.78, 5) is 0. The highest BCUT2D eigenvalue weighted by atomic mass is 19.2. The molecular formula is C9H8F3N. The lowest BCUT2D eigenvalue weighted by Crippen LogP contribution is -2.19. The minimum atomic E-state index is -1.13. The molecule has 13 heavy (non-hydrogen) atoms. The van der Waals surface area contributed by atoms with Crippen LogP contribution in [0.5, 0.6) is 0 Å². The number of benzene rings is 1. The zero-order chi connectivity index (χ0) is 9.59. The molecule has 2 rings (SSSR count). The van der Waals surface area contributed by atoms with Gasteiger partial charge in [-0.05, 0) is 24.0 Å². The molecule has 1 aliphatic carbocycles. The summed E-state index contributed by atoms with van der Waals surface area (Å²) in [7, 11) is 0. The Balaban J connectivity index is 2.62. The predicted octanol–water partition coefficient (Wildman–Crippen LogP) is 1.53. The Kier molecular flexibility index (Phi) is 1.80. The highest BCUT2D eigenvalue weighted by Gasteiger charge is 2.26. The van der Waals surface area contributed by atoms with Crippen molar-refractivity contribution >= 4 is 0 Å². The zero-order valence-electron chi connectivity index (χ0n) is 6.78. The summed E-state index contributed by atoms with van der Waals surface area (Å²) < 4.78 is 38.8. The number of halogens is 3. The first-order chi connectivity index (χ1) is 6.09. The van der Waals surface area contributed by atoms with Crippen LogP contribution < -0.4 is 5.73 Å². The van der Waals surface area contributed by atoms with Crippen LogP contribution >= 0.6 is 0 Å². The van der Waals surface area contributed by atoms with E-state index in [0.29, 0.717) is 12.5 Å². The number of rotatable bonds is 0. The van der Waals surface area contributed by atoms with Crippen molar-refractivity contribution in [2.24, 2.45) is 5.73 Å². The molecule has 0 aliphatic heterocycles. The van der Waals surface area contributed by atoms with Gasteiger partial charge in [-0.2, -0.15) is 0 Å². The molecule has 0 radical (unpaired) electrons. The number of hydrogen-bond acceptors (Lipinski definition) is 1. The monoisotopic (exact) mass is 187 g/mol. The Hall–Kier alpha value is -1.03. The molecule has 4 heteroatoms. The van der Waals surface area contributed by atoms with Gasteiger partial charge in [0.05, 0.1) is 0 Å². The van der Waals surface area contributed by atoms with Gasteiger partial charge < -0.3 is 5.73 Å². The van der Waals surface area contributed by atoms with Crippen LogP contribution in [0.2, 0.25) is 0 Å². The van der Waals surface area contributed by atoms with Crippen molar-refractivity contribution in [3.63, 3.8) is 0 Å². The van der Waals surface area contributed by atoms with Crippen LogP contribution in [0.1, 0.15) is 11.1 Å². The predicted molar refractivity (Wildman–Crippen MR) is 41.7 cm³/mol. The molecule has 0 heterocycles. The molecular weight excluding hydrogens is 179 g/mol. The Morgan fingerprint density at radius 2 is 1.69 bits per heavy atom. The van der Waals surface area contributed by atoms with Crippen molar-refractivity contribution in [1.29, 1.82) is 0 Å². The van der Waals surface area contributed by atoms with Gasteiger partial charge in [-0.25, -0.2) is 13.2 Å². The van der Waals surface area contributed by atoms with Gasteiger partial charge in [0.15, 0.2) is 11.6 Å². The minimum Gasteiger partial charge on any atom is -0.327 e. The van der Waals surface area contributed by atoms with E-state index in [9.17, 15) is 13.2 Å². The van der Waals surface area contributed by atoms with Crippen LogP contribution in [0.4, 0.5) is 13.2 Å². The molecule has 0 aromatic heterocycles. The van der Waals surface area contributed by atoms with Crippen molar-refractivity contribution in [1.82, 2.24) is 0 Å². The second-order valence-corrected chi connectivity index (χ2v) is 3.28. The Labute approximate surface area is 73.4 Å².